The Hall–Kier alpha value is -2.93. The van der Waals surface area contributed by atoms with Gasteiger partial charge in [-0.15, -0.1) is 0 Å². The van der Waals surface area contributed by atoms with Crippen LogP contribution in [0.2, 0.25) is 0 Å². The fourth-order valence-electron chi connectivity index (χ4n) is 2.60. The molecule has 0 unspecified atom stereocenters. The normalized spacial score (nSPS) is 14.2. The molecule has 7 heteroatoms. The van der Waals surface area contributed by atoms with Crippen LogP contribution in [0.1, 0.15) is 10.4 Å². The zero-order valence-corrected chi connectivity index (χ0v) is 13.0. The first kappa shape index (κ1) is 15.9. The number of nitro benzene ring substituents is 1. The first-order valence-electron chi connectivity index (χ1n) is 7.63. The van der Waals surface area contributed by atoms with Gasteiger partial charge in [0, 0.05) is 30.5 Å². The molecule has 2 aromatic carbocycles. The van der Waals surface area contributed by atoms with Crippen molar-refractivity contribution in [1.29, 1.82) is 0 Å². The van der Waals surface area contributed by atoms with Gasteiger partial charge in [-0.05, 0) is 30.3 Å². The number of carbonyl (C=O) groups excluding carboxylic acids is 1. The number of carbonyl (C=O) groups is 1. The van der Waals surface area contributed by atoms with Gasteiger partial charge in [-0.2, -0.15) is 0 Å². The number of hydrogen-bond acceptors (Lipinski definition) is 5. The van der Waals surface area contributed by atoms with E-state index >= 15 is 0 Å². The summed E-state index contributed by atoms with van der Waals surface area (Å²) in [6, 6.07) is 13.3. The summed E-state index contributed by atoms with van der Waals surface area (Å²) < 4.78 is 5.32. The second kappa shape index (κ2) is 7.10. The predicted octanol–water partition coefficient (Wildman–Crippen LogP) is 2.68. The number of nitrogens with one attached hydrogen (secondary N) is 1. The standard InChI is InChI=1S/C17H17N3O4/c21-17(15-3-1-2-4-16(15)20(22)23)18-13-5-7-14(8-6-13)19-9-11-24-12-10-19/h1-8H,9-12H2,(H,18,21). The van der Waals surface area contributed by atoms with E-state index in [0.29, 0.717) is 18.9 Å². The fraction of sp³-hybridized carbons (Fsp3) is 0.235. The second-order valence-corrected chi connectivity index (χ2v) is 5.37. The zero-order chi connectivity index (χ0) is 16.9. The Morgan fingerprint density at radius 2 is 1.75 bits per heavy atom. The molecular formula is C17H17N3O4. The van der Waals surface area contributed by atoms with Crippen molar-refractivity contribution >= 4 is 23.0 Å². The van der Waals surface area contributed by atoms with Crippen LogP contribution < -0.4 is 10.2 Å². The second-order valence-electron chi connectivity index (χ2n) is 5.37. The zero-order valence-electron chi connectivity index (χ0n) is 13.0. The predicted molar refractivity (Wildman–Crippen MR) is 90.5 cm³/mol. The Morgan fingerprint density at radius 1 is 1.08 bits per heavy atom. The average molecular weight is 327 g/mol. The number of rotatable bonds is 4. The maximum Gasteiger partial charge on any atom is 0.282 e. The third kappa shape index (κ3) is 3.52. The largest absolute Gasteiger partial charge is 0.378 e. The van der Waals surface area contributed by atoms with Crippen molar-refractivity contribution in [2.45, 2.75) is 0 Å². The molecular weight excluding hydrogens is 310 g/mol. The molecule has 0 aromatic heterocycles. The first-order valence-corrected chi connectivity index (χ1v) is 7.63. The van der Waals surface area contributed by atoms with Gasteiger partial charge in [-0.1, -0.05) is 12.1 Å². The molecule has 0 atom stereocenters. The summed E-state index contributed by atoms with van der Waals surface area (Å²) in [7, 11) is 0. The molecule has 2 aromatic rings. The molecule has 24 heavy (non-hydrogen) atoms. The van der Waals surface area contributed by atoms with Crippen LogP contribution in [0.4, 0.5) is 17.1 Å². The van der Waals surface area contributed by atoms with Crippen LogP contribution in [-0.4, -0.2) is 37.1 Å². The van der Waals surface area contributed by atoms with Crippen molar-refractivity contribution in [2.75, 3.05) is 36.5 Å². The smallest absolute Gasteiger partial charge is 0.282 e. The molecule has 3 rings (SSSR count). The molecule has 1 aliphatic rings. The summed E-state index contributed by atoms with van der Waals surface area (Å²) in [5, 5.41) is 13.7. The molecule has 0 saturated carbocycles. The lowest BCUT2D eigenvalue weighted by molar-refractivity contribution is -0.385. The summed E-state index contributed by atoms with van der Waals surface area (Å²) in [6.45, 7) is 3.08. The number of benzene rings is 2. The van der Waals surface area contributed by atoms with Gasteiger partial charge in [0.05, 0.1) is 18.1 Å². The quantitative estimate of drug-likeness (QED) is 0.689. The molecule has 0 radical (unpaired) electrons. The Kier molecular flexibility index (Phi) is 4.72. The molecule has 0 aliphatic carbocycles. The lowest BCUT2D eigenvalue weighted by Gasteiger charge is -2.28. The topological polar surface area (TPSA) is 84.7 Å². The van der Waals surface area contributed by atoms with E-state index in [0.717, 1.165) is 18.8 Å². The molecule has 1 amide bonds. The number of hydrogen-bond donors (Lipinski definition) is 1. The van der Waals surface area contributed by atoms with Crippen molar-refractivity contribution < 1.29 is 14.5 Å². The van der Waals surface area contributed by atoms with Crippen molar-refractivity contribution in [3.8, 4) is 0 Å². The molecule has 7 nitrogen and oxygen atoms in total. The van der Waals surface area contributed by atoms with E-state index < -0.39 is 10.8 Å². The Bertz CT molecular complexity index is 740. The van der Waals surface area contributed by atoms with Crippen LogP contribution >= 0.6 is 0 Å². The lowest BCUT2D eigenvalue weighted by Crippen LogP contribution is -2.36. The van der Waals surface area contributed by atoms with Gasteiger partial charge in [-0.25, -0.2) is 0 Å². The molecule has 1 aliphatic heterocycles. The molecule has 1 heterocycles. The SMILES string of the molecule is O=C(Nc1ccc(N2CCOCC2)cc1)c1ccccc1[N+](=O)[O-]. The van der Waals surface area contributed by atoms with E-state index in [1.165, 1.54) is 18.2 Å². The minimum Gasteiger partial charge on any atom is -0.378 e. The molecule has 1 saturated heterocycles. The van der Waals surface area contributed by atoms with Crippen LogP contribution in [0.15, 0.2) is 48.5 Å². The third-order valence-electron chi connectivity index (χ3n) is 3.85. The van der Waals surface area contributed by atoms with Gasteiger partial charge in [0.2, 0.25) is 0 Å². The number of morpholine rings is 1. The van der Waals surface area contributed by atoms with Gasteiger partial charge in [-0.3, -0.25) is 14.9 Å². The molecule has 0 spiro atoms. The monoisotopic (exact) mass is 327 g/mol. The highest BCUT2D eigenvalue weighted by Gasteiger charge is 2.19. The first-order chi connectivity index (χ1) is 11.6. The average Bonchev–Trinajstić information content (AvgIpc) is 2.63. The number of ether oxygens (including phenoxy) is 1. The maximum atomic E-state index is 12.3. The summed E-state index contributed by atoms with van der Waals surface area (Å²) >= 11 is 0. The highest BCUT2D eigenvalue weighted by molar-refractivity contribution is 6.07. The summed E-state index contributed by atoms with van der Waals surface area (Å²) in [5.41, 5.74) is 1.48. The minimum atomic E-state index is -0.559. The van der Waals surface area contributed by atoms with Crippen LogP contribution in [-0.2, 0) is 4.74 Å². The fourth-order valence-corrected chi connectivity index (χ4v) is 2.60. The Morgan fingerprint density at radius 3 is 2.42 bits per heavy atom. The molecule has 1 N–H and O–H groups in total. The van der Waals surface area contributed by atoms with Gasteiger partial charge in [0.25, 0.3) is 11.6 Å². The minimum absolute atomic E-state index is 0.0414. The third-order valence-corrected chi connectivity index (χ3v) is 3.85. The van der Waals surface area contributed by atoms with Crippen LogP contribution in [0, 0.1) is 10.1 Å². The van der Waals surface area contributed by atoms with E-state index in [9.17, 15) is 14.9 Å². The van der Waals surface area contributed by atoms with Crippen LogP contribution in [0.25, 0.3) is 0 Å². The molecule has 0 bridgehead atoms. The van der Waals surface area contributed by atoms with Crippen LogP contribution in [0.5, 0.6) is 0 Å². The van der Waals surface area contributed by atoms with Crippen molar-refractivity contribution in [3.05, 3.63) is 64.2 Å². The highest BCUT2D eigenvalue weighted by Crippen LogP contribution is 2.22. The van der Waals surface area contributed by atoms with Gasteiger partial charge in [0.1, 0.15) is 5.56 Å². The summed E-state index contributed by atoms with van der Waals surface area (Å²) in [4.78, 5) is 24.9. The van der Waals surface area contributed by atoms with E-state index in [-0.39, 0.29) is 11.3 Å². The molecule has 124 valence electrons. The van der Waals surface area contributed by atoms with Crippen molar-refractivity contribution in [1.82, 2.24) is 0 Å². The Balaban J connectivity index is 1.72. The van der Waals surface area contributed by atoms with Gasteiger partial charge in [0.15, 0.2) is 0 Å². The number of amides is 1. The highest BCUT2D eigenvalue weighted by atomic mass is 16.6. The lowest BCUT2D eigenvalue weighted by atomic mass is 10.1. The number of nitrogens with zero attached hydrogens (tertiary/aromatic N) is 2. The number of anilines is 2. The van der Waals surface area contributed by atoms with Gasteiger partial charge >= 0.3 is 0 Å². The summed E-state index contributed by atoms with van der Waals surface area (Å²) in [5.74, 6) is -0.499. The van der Waals surface area contributed by atoms with E-state index in [1.54, 1.807) is 18.2 Å². The Labute approximate surface area is 139 Å². The van der Waals surface area contributed by atoms with Crippen molar-refractivity contribution in [3.63, 3.8) is 0 Å². The van der Waals surface area contributed by atoms with E-state index in [1.807, 2.05) is 12.1 Å². The van der Waals surface area contributed by atoms with Crippen molar-refractivity contribution in [2.24, 2.45) is 0 Å². The summed E-state index contributed by atoms with van der Waals surface area (Å²) in [6.07, 6.45) is 0. The van der Waals surface area contributed by atoms with Gasteiger partial charge < -0.3 is 15.0 Å². The molecule has 1 fully saturated rings. The number of nitro groups is 1. The van der Waals surface area contributed by atoms with Crippen LogP contribution in [0.3, 0.4) is 0 Å². The van der Waals surface area contributed by atoms with E-state index in [4.69, 9.17) is 4.74 Å². The number of para-hydroxylation sites is 1. The maximum absolute atomic E-state index is 12.3. The van der Waals surface area contributed by atoms with E-state index in [2.05, 4.69) is 10.2 Å².